The number of aromatic nitrogens is 1. The molecule has 0 saturated heterocycles. The number of methoxy groups -OCH3 is 1. The van der Waals surface area contributed by atoms with E-state index in [1.807, 2.05) is 45.4 Å². The number of benzene rings is 1. The topological polar surface area (TPSA) is 43.7 Å². The van der Waals surface area contributed by atoms with Crippen LogP contribution in [0.25, 0.3) is 10.9 Å². The van der Waals surface area contributed by atoms with E-state index >= 15 is 0 Å². The molecule has 5 heteroatoms. The highest BCUT2D eigenvalue weighted by Crippen LogP contribution is 2.26. The first-order valence-corrected chi connectivity index (χ1v) is 7.56. The third kappa shape index (κ3) is 3.60. The molecule has 1 aromatic heterocycles. The highest BCUT2D eigenvalue weighted by atomic mass is 16.5. The lowest BCUT2D eigenvalue weighted by atomic mass is 10.1. The van der Waals surface area contributed by atoms with Crippen LogP contribution in [0.2, 0.25) is 0 Å². The van der Waals surface area contributed by atoms with Crippen LogP contribution in [0.1, 0.15) is 18.9 Å². The Kier molecular flexibility index (Phi) is 5.44. The monoisotopic (exact) mass is 304 g/mol. The van der Waals surface area contributed by atoms with Crippen molar-refractivity contribution in [3.05, 3.63) is 30.0 Å². The molecule has 0 N–H and O–H groups in total. The Labute approximate surface area is 131 Å². The van der Waals surface area contributed by atoms with Crippen LogP contribution in [0.4, 0.5) is 4.79 Å². The lowest BCUT2D eigenvalue weighted by Crippen LogP contribution is -2.15. The Morgan fingerprint density at radius 3 is 2.73 bits per heavy atom. The van der Waals surface area contributed by atoms with Crippen molar-refractivity contribution < 1.29 is 14.3 Å². The Morgan fingerprint density at radius 2 is 2.09 bits per heavy atom. The second kappa shape index (κ2) is 7.31. The van der Waals surface area contributed by atoms with Gasteiger partial charge < -0.3 is 14.4 Å². The number of carbonyl (C=O) groups excluding carboxylic acids is 1. The van der Waals surface area contributed by atoms with E-state index in [1.165, 1.54) is 0 Å². The maximum absolute atomic E-state index is 12.2. The Hall–Kier alpha value is -2.01. The van der Waals surface area contributed by atoms with Crippen molar-refractivity contribution in [1.29, 1.82) is 0 Å². The number of fused-ring (bicyclic) bond motifs is 1. The quantitative estimate of drug-likeness (QED) is 0.822. The van der Waals surface area contributed by atoms with Crippen LogP contribution in [0.5, 0.6) is 5.75 Å². The molecule has 0 aliphatic heterocycles. The zero-order chi connectivity index (χ0) is 16.1. The molecule has 0 amide bonds. The first-order valence-electron chi connectivity index (χ1n) is 7.56. The van der Waals surface area contributed by atoms with Crippen molar-refractivity contribution in [3.8, 4) is 5.75 Å². The smallest absolute Gasteiger partial charge is 0.418 e. The molecule has 0 radical (unpaired) electrons. The molecule has 1 aromatic carbocycles. The predicted octanol–water partition coefficient (Wildman–Crippen LogP) is 3.15. The number of hydrogen-bond acceptors (Lipinski definition) is 4. The van der Waals surface area contributed by atoms with Crippen molar-refractivity contribution in [1.82, 2.24) is 9.47 Å². The summed E-state index contributed by atoms with van der Waals surface area (Å²) < 4.78 is 12.2. The number of hydrogen-bond donors (Lipinski definition) is 0. The van der Waals surface area contributed by atoms with Gasteiger partial charge in [0.25, 0.3) is 0 Å². The van der Waals surface area contributed by atoms with E-state index in [0.717, 1.165) is 41.6 Å². The summed E-state index contributed by atoms with van der Waals surface area (Å²) in [6, 6.07) is 5.74. The molecule has 22 heavy (non-hydrogen) atoms. The van der Waals surface area contributed by atoms with Crippen LogP contribution < -0.4 is 4.74 Å². The summed E-state index contributed by atoms with van der Waals surface area (Å²) in [7, 11) is 5.72. The maximum atomic E-state index is 12.2. The van der Waals surface area contributed by atoms with E-state index in [4.69, 9.17) is 9.47 Å². The SMILES string of the molecule is CCCOC(=O)n1cc(CCN(C)C)c2cc(OC)ccc21. The minimum Gasteiger partial charge on any atom is -0.497 e. The van der Waals surface area contributed by atoms with Gasteiger partial charge in [-0.2, -0.15) is 0 Å². The second-order valence-electron chi connectivity index (χ2n) is 5.58. The fourth-order valence-electron chi connectivity index (χ4n) is 2.36. The van der Waals surface area contributed by atoms with Crippen LogP contribution in [-0.4, -0.2) is 49.9 Å². The van der Waals surface area contributed by atoms with Gasteiger partial charge >= 0.3 is 6.09 Å². The van der Waals surface area contributed by atoms with E-state index in [1.54, 1.807) is 11.7 Å². The van der Waals surface area contributed by atoms with Crippen molar-refractivity contribution >= 4 is 17.0 Å². The Morgan fingerprint density at radius 1 is 1.32 bits per heavy atom. The van der Waals surface area contributed by atoms with Crippen molar-refractivity contribution in [2.24, 2.45) is 0 Å². The third-order valence-corrected chi connectivity index (χ3v) is 3.55. The summed E-state index contributed by atoms with van der Waals surface area (Å²) >= 11 is 0. The summed E-state index contributed by atoms with van der Waals surface area (Å²) in [5.41, 5.74) is 1.98. The van der Waals surface area contributed by atoms with Gasteiger partial charge in [-0.15, -0.1) is 0 Å². The van der Waals surface area contributed by atoms with E-state index in [2.05, 4.69) is 4.90 Å². The minimum absolute atomic E-state index is 0.326. The van der Waals surface area contributed by atoms with Crippen LogP contribution in [0.3, 0.4) is 0 Å². The zero-order valence-electron chi connectivity index (χ0n) is 13.8. The van der Waals surface area contributed by atoms with Gasteiger partial charge in [-0.05, 0) is 50.7 Å². The van der Waals surface area contributed by atoms with Crippen molar-refractivity contribution in [2.45, 2.75) is 19.8 Å². The van der Waals surface area contributed by atoms with Gasteiger partial charge in [0.05, 0.1) is 19.2 Å². The Bertz CT molecular complexity index is 647. The fourth-order valence-corrected chi connectivity index (χ4v) is 2.36. The highest BCUT2D eigenvalue weighted by Gasteiger charge is 2.15. The average Bonchev–Trinajstić information content (AvgIpc) is 2.88. The molecule has 120 valence electrons. The lowest BCUT2D eigenvalue weighted by Gasteiger charge is -2.08. The van der Waals surface area contributed by atoms with Gasteiger partial charge in [0.15, 0.2) is 0 Å². The van der Waals surface area contributed by atoms with Gasteiger partial charge in [-0.25, -0.2) is 4.79 Å². The van der Waals surface area contributed by atoms with E-state index < -0.39 is 0 Å². The van der Waals surface area contributed by atoms with E-state index in [9.17, 15) is 4.79 Å². The molecule has 2 aromatic rings. The van der Waals surface area contributed by atoms with E-state index in [-0.39, 0.29) is 6.09 Å². The van der Waals surface area contributed by atoms with Gasteiger partial charge in [0.2, 0.25) is 0 Å². The molecule has 0 unspecified atom stereocenters. The second-order valence-corrected chi connectivity index (χ2v) is 5.58. The summed E-state index contributed by atoms with van der Waals surface area (Å²) in [4.78, 5) is 14.3. The van der Waals surface area contributed by atoms with Crippen LogP contribution in [0, 0.1) is 0 Å². The molecule has 0 fully saturated rings. The third-order valence-electron chi connectivity index (χ3n) is 3.55. The molecule has 0 spiro atoms. The number of likely N-dealkylation sites (N-methyl/N-ethyl adjacent to an activating group) is 1. The zero-order valence-corrected chi connectivity index (χ0v) is 13.8. The summed E-state index contributed by atoms with van der Waals surface area (Å²) in [6.45, 7) is 3.33. The largest absolute Gasteiger partial charge is 0.497 e. The molecule has 0 aliphatic carbocycles. The summed E-state index contributed by atoms with van der Waals surface area (Å²) in [5, 5.41) is 1.04. The minimum atomic E-state index is -0.326. The van der Waals surface area contributed by atoms with E-state index in [0.29, 0.717) is 6.61 Å². The molecule has 0 bridgehead atoms. The molecule has 2 rings (SSSR count). The standard InChI is InChI=1S/C17H24N2O3/c1-5-10-22-17(20)19-12-13(8-9-18(2)3)15-11-14(21-4)6-7-16(15)19/h6-7,11-12H,5,8-10H2,1-4H3. The molecular weight excluding hydrogens is 280 g/mol. The lowest BCUT2D eigenvalue weighted by molar-refractivity contribution is 0.149. The predicted molar refractivity (Wildman–Crippen MR) is 87.8 cm³/mol. The first kappa shape index (κ1) is 16.4. The Balaban J connectivity index is 2.41. The molecule has 0 atom stereocenters. The van der Waals surface area contributed by atoms with Crippen LogP contribution >= 0.6 is 0 Å². The van der Waals surface area contributed by atoms with Crippen LogP contribution in [0.15, 0.2) is 24.4 Å². The van der Waals surface area contributed by atoms with Crippen molar-refractivity contribution in [3.63, 3.8) is 0 Å². The molecular formula is C17H24N2O3. The summed E-state index contributed by atoms with van der Waals surface area (Å²) in [6.07, 6.45) is 3.23. The van der Waals surface area contributed by atoms with Crippen LogP contribution in [-0.2, 0) is 11.2 Å². The highest BCUT2D eigenvalue weighted by molar-refractivity contribution is 5.92. The van der Waals surface area contributed by atoms with Crippen molar-refractivity contribution in [2.75, 3.05) is 34.4 Å². The molecule has 0 aliphatic rings. The van der Waals surface area contributed by atoms with Gasteiger partial charge in [0.1, 0.15) is 5.75 Å². The number of ether oxygens (including phenoxy) is 2. The normalized spacial score (nSPS) is 11.1. The average molecular weight is 304 g/mol. The molecule has 5 nitrogen and oxygen atoms in total. The maximum Gasteiger partial charge on any atom is 0.418 e. The summed E-state index contributed by atoms with van der Waals surface area (Å²) in [5.74, 6) is 0.790. The number of rotatable bonds is 6. The fraction of sp³-hybridized carbons (Fsp3) is 0.471. The van der Waals surface area contributed by atoms with Gasteiger partial charge in [-0.3, -0.25) is 4.57 Å². The molecule has 0 saturated carbocycles. The first-order chi connectivity index (χ1) is 10.6. The number of carbonyl (C=O) groups is 1. The van der Waals surface area contributed by atoms with Gasteiger partial charge in [0, 0.05) is 18.1 Å². The molecule has 1 heterocycles. The van der Waals surface area contributed by atoms with Gasteiger partial charge in [-0.1, -0.05) is 6.92 Å². The number of nitrogens with zero attached hydrogens (tertiary/aromatic N) is 2.